The smallest absolute Gasteiger partial charge is 0.232 e. The van der Waals surface area contributed by atoms with Crippen LogP contribution in [-0.4, -0.2) is 11.7 Å². The number of benzene rings is 2. The Morgan fingerprint density at radius 3 is 2.56 bits per heavy atom. The minimum Gasteiger partial charge on any atom is -0.294 e. The summed E-state index contributed by atoms with van der Waals surface area (Å²) in [7, 11) is 0. The van der Waals surface area contributed by atoms with Gasteiger partial charge in [-0.3, -0.25) is 14.5 Å². The lowest BCUT2D eigenvalue weighted by Gasteiger charge is -2.38. The van der Waals surface area contributed by atoms with Gasteiger partial charge in [0.15, 0.2) is 5.78 Å². The van der Waals surface area contributed by atoms with Crippen molar-refractivity contribution in [3.63, 3.8) is 0 Å². The zero-order chi connectivity index (χ0) is 19.1. The van der Waals surface area contributed by atoms with Gasteiger partial charge in [0, 0.05) is 45.6 Å². The molecule has 0 saturated carbocycles. The molecule has 0 N–H and O–H groups in total. The van der Waals surface area contributed by atoms with E-state index in [1.807, 2.05) is 0 Å². The summed E-state index contributed by atoms with van der Waals surface area (Å²) < 4.78 is 14.6. The van der Waals surface area contributed by atoms with E-state index >= 15 is 0 Å². The zero-order valence-corrected chi connectivity index (χ0v) is 15.9. The molecule has 0 spiro atoms. The molecule has 1 amide bonds. The number of carbonyl (C=O) groups is 2. The van der Waals surface area contributed by atoms with Gasteiger partial charge in [0.05, 0.1) is 5.69 Å². The van der Waals surface area contributed by atoms with Crippen molar-refractivity contribution in [3.8, 4) is 0 Å². The van der Waals surface area contributed by atoms with Crippen molar-refractivity contribution in [2.45, 2.75) is 31.6 Å². The number of ketones is 1. The Hall–Kier alpha value is -2.17. The number of halogens is 3. The fourth-order valence-corrected chi connectivity index (χ4v) is 4.48. The number of amides is 1. The number of allylic oxidation sites excluding steroid dienone is 2. The van der Waals surface area contributed by atoms with Crippen LogP contribution in [0.1, 0.15) is 37.2 Å². The third kappa shape index (κ3) is 3.17. The maximum Gasteiger partial charge on any atom is 0.232 e. The molecular weight excluding hydrogens is 388 g/mol. The SMILES string of the molecule is O=C1CCCC2=C1C(c1c(F)cccc1Cl)CC(=O)N2c1cccc(Cl)c1. The molecule has 2 aromatic rings. The van der Waals surface area contributed by atoms with Crippen molar-refractivity contribution >= 4 is 40.6 Å². The molecule has 1 heterocycles. The second-order valence-corrected chi connectivity index (χ2v) is 7.58. The third-order valence-electron chi connectivity index (χ3n) is 5.09. The van der Waals surface area contributed by atoms with Gasteiger partial charge in [0.25, 0.3) is 0 Å². The van der Waals surface area contributed by atoms with Crippen molar-refractivity contribution in [3.05, 3.63) is 75.2 Å². The van der Waals surface area contributed by atoms with Crippen LogP contribution >= 0.6 is 23.2 Å². The maximum absolute atomic E-state index is 14.6. The molecular formula is C21H16Cl2FNO2. The number of carbonyl (C=O) groups excluding carboxylic acids is 2. The number of anilines is 1. The lowest BCUT2D eigenvalue weighted by molar-refractivity contribution is -0.119. The van der Waals surface area contributed by atoms with E-state index in [0.29, 0.717) is 41.2 Å². The van der Waals surface area contributed by atoms with Crippen molar-refractivity contribution < 1.29 is 14.0 Å². The van der Waals surface area contributed by atoms with E-state index in [0.717, 1.165) is 0 Å². The highest BCUT2D eigenvalue weighted by molar-refractivity contribution is 6.31. The average molecular weight is 404 g/mol. The van der Waals surface area contributed by atoms with E-state index in [-0.39, 0.29) is 28.7 Å². The van der Waals surface area contributed by atoms with Crippen LogP contribution < -0.4 is 4.90 Å². The van der Waals surface area contributed by atoms with Gasteiger partial charge in [-0.05, 0) is 43.2 Å². The second kappa shape index (κ2) is 7.10. The number of nitrogens with zero attached hydrogens (tertiary/aromatic N) is 1. The number of hydrogen-bond donors (Lipinski definition) is 0. The molecule has 0 saturated heterocycles. The third-order valence-corrected chi connectivity index (χ3v) is 5.65. The Morgan fingerprint density at radius 2 is 1.81 bits per heavy atom. The molecule has 0 aromatic heterocycles. The monoisotopic (exact) mass is 403 g/mol. The first-order valence-electron chi connectivity index (χ1n) is 8.76. The summed E-state index contributed by atoms with van der Waals surface area (Å²) in [5, 5.41) is 0.734. The van der Waals surface area contributed by atoms with Gasteiger partial charge in [-0.2, -0.15) is 0 Å². The minimum absolute atomic E-state index is 0.0161. The largest absolute Gasteiger partial charge is 0.294 e. The van der Waals surface area contributed by atoms with E-state index in [4.69, 9.17) is 23.2 Å². The molecule has 0 fully saturated rings. The molecule has 4 rings (SSSR count). The molecule has 6 heteroatoms. The van der Waals surface area contributed by atoms with Crippen LogP contribution in [0.15, 0.2) is 53.7 Å². The summed E-state index contributed by atoms with van der Waals surface area (Å²) in [6, 6.07) is 11.4. The molecule has 2 aliphatic rings. The highest BCUT2D eigenvalue weighted by Crippen LogP contribution is 2.45. The van der Waals surface area contributed by atoms with Crippen LogP contribution in [0.5, 0.6) is 0 Å². The number of hydrogen-bond acceptors (Lipinski definition) is 2. The molecule has 27 heavy (non-hydrogen) atoms. The second-order valence-electron chi connectivity index (χ2n) is 6.74. The van der Waals surface area contributed by atoms with Crippen molar-refractivity contribution in [1.82, 2.24) is 0 Å². The Bertz CT molecular complexity index is 966. The van der Waals surface area contributed by atoms with Crippen LogP contribution in [-0.2, 0) is 9.59 Å². The fourth-order valence-electron chi connectivity index (χ4n) is 4.00. The predicted octanol–water partition coefficient (Wildman–Crippen LogP) is 5.66. The Morgan fingerprint density at radius 1 is 1.04 bits per heavy atom. The van der Waals surface area contributed by atoms with E-state index in [1.54, 1.807) is 35.2 Å². The molecule has 3 nitrogen and oxygen atoms in total. The van der Waals surface area contributed by atoms with Crippen LogP contribution in [0.2, 0.25) is 10.0 Å². The van der Waals surface area contributed by atoms with E-state index < -0.39 is 11.7 Å². The average Bonchev–Trinajstić information content (AvgIpc) is 2.61. The highest BCUT2D eigenvalue weighted by atomic mass is 35.5. The van der Waals surface area contributed by atoms with Crippen LogP contribution in [0, 0.1) is 5.82 Å². The summed E-state index contributed by atoms with van der Waals surface area (Å²) >= 11 is 12.3. The number of rotatable bonds is 2. The normalized spacial score (nSPS) is 20.1. The van der Waals surface area contributed by atoms with Gasteiger partial charge < -0.3 is 0 Å². The van der Waals surface area contributed by atoms with Crippen LogP contribution in [0.4, 0.5) is 10.1 Å². The van der Waals surface area contributed by atoms with E-state index in [2.05, 4.69) is 0 Å². The summed E-state index contributed by atoms with van der Waals surface area (Å²) in [5.41, 5.74) is 1.97. The van der Waals surface area contributed by atoms with Gasteiger partial charge in [-0.25, -0.2) is 4.39 Å². The Balaban J connectivity index is 1.91. The fraction of sp³-hybridized carbons (Fsp3) is 0.238. The van der Waals surface area contributed by atoms with Gasteiger partial charge >= 0.3 is 0 Å². The Labute approximate surface area is 166 Å². The first kappa shape index (κ1) is 18.2. The molecule has 0 bridgehead atoms. The molecule has 1 aliphatic carbocycles. The van der Waals surface area contributed by atoms with Crippen LogP contribution in [0.25, 0.3) is 0 Å². The summed E-state index contributed by atoms with van der Waals surface area (Å²) in [6.45, 7) is 0. The molecule has 138 valence electrons. The molecule has 0 radical (unpaired) electrons. The van der Waals surface area contributed by atoms with E-state index in [1.165, 1.54) is 12.1 Å². The standard InChI is InChI=1S/C21H16Cl2FNO2/c22-12-4-1-5-13(10-12)25-17-8-3-9-18(26)21(17)14(11-19(25)27)20-15(23)6-2-7-16(20)24/h1-2,4-7,10,14H,3,8-9,11H2. The van der Waals surface area contributed by atoms with Gasteiger partial charge in [0.1, 0.15) is 5.82 Å². The first-order chi connectivity index (χ1) is 13.0. The van der Waals surface area contributed by atoms with Crippen molar-refractivity contribution in [1.29, 1.82) is 0 Å². The maximum atomic E-state index is 14.6. The molecule has 1 aliphatic heterocycles. The quantitative estimate of drug-likeness (QED) is 0.648. The summed E-state index contributed by atoms with van der Waals surface area (Å²) in [4.78, 5) is 27.4. The van der Waals surface area contributed by atoms with E-state index in [9.17, 15) is 14.0 Å². The molecule has 2 aromatic carbocycles. The van der Waals surface area contributed by atoms with Crippen molar-refractivity contribution in [2.24, 2.45) is 0 Å². The summed E-state index contributed by atoms with van der Waals surface area (Å²) in [5.74, 6) is -1.42. The zero-order valence-electron chi connectivity index (χ0n) is 14.3. The first-order valence-corrected chi connectivity index (χ1v) is 9.51. The molecule has 1 unspecified atom stereocenters. The Kier molecular flexibility index (Phi) is 4.79. The van der Waals surface area contributed by atoms with Gasteiger partial charge in [-0.1, -0.05) is 35.3 Å². The van der Waals surface area contributed by atoms with Gasteiger partial charge in [0.2, 0.25) is 5.91 Å². The topological polar surface area (TPSA) is 37.4 Å². The highest BCUT2D eigenvalue weighted by Gasteiger charge is 2.41. The summed E-state index contributed by atoms with van der Waals surface area (Å²) in [6.07, 6.45) is 1.60. The predicted molar refractivity (Wildman–Crippen MR) is 104 cm³/mol. The van der Waals surface area contributed by atoms with Gasteiger partial charge in [-0.15, -0.1) is 0 Å². The molecule has 1 atom stereocenters. The lowest BCUT2D eigenvalue weighted by atomic mass is 9.77. The van der Waals surface area contributed by atoms with Crippen molar-refractivity contribution in [2.75, 3.05) is 4.90 Å². The minimum atomic E-state index is -0.663. The lowest BCUT2D eigenvalue weighted by Crippen LogP contribution is -2.40. The van der Waals surface area contributed by atoms with Crippen LogP contribution in [0.3, 0.4) is 0 Å². The number of Topliss-reactive ketones (excluding diaryl/α,β-unsaturated/α-hetero) is 1.